The standard InChI is InChI=1S/C20H19ClF4N4O3/c1-9-17(21)10(2)28-18(27-9)13-6-29(7-14(13)26)19(31)12-4-3-11(22)5-15(12)32-8-16(30)20(23,24)25/h3-5,16,26-27,30H,6-8H2,1-2H3/b18-13+,26-14?/t16-/m0/s1. The summed E-state index contributed by atoms with van der Waals surface area (Å²) in [4.78, 5) is 18.6. The lowest BCUT2D eigenvalue weighted by Crippen LogP contribution is -2.34. The largest absolute Gasteiger partial charge is 0.490 e. The number of amides is 1. The summed E-state index contributed by atoms with van der Waals surface area (Å²) in [5.74, 6) is -1.58. The number of aliphatic hydroxyl groups is 1. The van der Waals surface area contributed by atoms with E-state index in [-0.39, 0.29) is 24.4 Å². The number of ether oxygens (including phenoxy) is 1. The lowest BCUT2D eigenvalue weighted by Gasteiger charge is -2.20. The van der Waals surface area contributed by atoms with Gasteiger partial charge < -0.3 is 25.5 Å². The lowest BCUT2D eigenvalue weighted by molar-refractivity contribution is -0.210. The van der Waals surface area contributed by atoms with Crippen molar-refractivity contribution in [2.24, 2.45) is 4.99 Å². The van der Waals surface area contributed by atoms with Crippen LogP contribution >= 0.6 is 11.6 Å². The number of rotatable bonds is 4. The Hall–Kier alpha value is -2.92. The maximum atomic E-state index is 13.6. The summed E-state index contributed by atoms with van der Waals surface area (Å²) in [6.45, 7) is 2.13. The van der Waals surface area contributed by atoms with Crippen LogP contribution in [0.3, 0.4) is 0 Å². The Morgan fingerprint density at radius 2 is 2.06 bits per heavy atom. The van der Waals surface area contributed by atoms with Gasteiger partial charge >= 0.3 is 6.18 Å². The van der Waals surface area contributed by atoms with Crippen LogP contribution in [0.4, 0.5) is 17.6 Å². The molecule has 2 aliphatic heterocycles. The third-order valence-electron chi connectivity index (χ3n) is 4.82. The van der Waals surface area contributed by atoms with Crippen LogP contribution in [0.1, 0.15) is 24.2 Å². The molecule has 3 N–H and O–H groups in total. The highest BCUT2D eigenvalue weighted by Gasteiger charge is 2.39. The number of carbonyl (C=O) groups is 1. The van der Waals surface area contributed by atoms with Gasteiger partial charge in [-0.25, -0.2) is 9.38 Å². The van der Waals surface area contributed by atoms with E-state index >= 15 is 0 Å². The zero-order chi connectivity index (χ0) is 23.8. The van der Waals surface area contributed by atoms with Gasteiger partial charge in [0.25, 0.3) is 5.91 Å². The molecule has 0 radical (unpaired) electrons. The Balaban J connectivity index is 1.83. The first kappa shape index (κ1) is 23.7. The molecule has 1 atom stereocenters. The van der Waals surface area contributed by atoms with Crippen molar-refractivity contribution >= 4 is 28.9 Å². The fourth-order valence-corrected chi connectivity index (χ4v) is 3.20. The van der Waals surface area contributed by atoms with Crippen LogP contribution < -0.4 is 10.1 Å². The van der Waals surface area contributed by atoms with E-state index in [1.807, 2.05) is 0 Å². The first-order valence-corrected chi connectivity index (χ1v) is 9.72. The van der Waals surface area contributed by atoms with Gasteiger partial charge in [-0.1, -0.05) is 11.6 Å². The molecule has 0 spiro atoms. The smallest absolute Gasteiger partial charge is 0.417 e. The van der Waals surface area contributed by atoms with Crippen LogP contribution in [-0.4, -0.2) is 59.3 Å². The summed E-state index contributed by atoms with van der Waals surface area (Å²) in [6.07, 6.45) is -7.73. The summed E-state index contributed by atoms with van der Waals surface area (Å²) in [7, 11) is 0. The quantitative estimate of drug-likeness (QED) is 0.583. The van der Waals surface area contributed by atoms with Gasteiger partial charge in [0.15, 0.2) is 6.10 Å². The summed E-state index contributed by atoms with van der Waals surface area (Å²) in [5.41, 5.74) is 1.53. The van der Waals surface area contributed by atoms with Crippen molar-refractivity contribution in [2.45, 2.75) is 26.1 Å². The number of carbonyl (C=O) groups excluding carboxylic acids is 1. The van der Waals surface area contributed by atoms with E-state index in [0.717, 1.165) is 18.2 Å². The zero-order valence-electron chi connectivity index (χ0n) is 17.0. The molecule has 0 aromatic heterocycles. The molecule has 0 aliphatic carbocycles. The predicted molar refractivity (Wildman–Crippen MR) is 109 cm³/mol. The summed E-state index contributed by atoms with van der Waals surface area (Å²) in [5, 5.41) is 20.8. The van der Waals surface area contributed by atoms with E-state index in [9.17, 15) is 22.4 Å². The summed E-state index contributed by atoms with van der Waals surface area (Å²) in [6, 6.07) is 2.81. The molecular weight excluding hydrogens is 456 g/mol. The molecule has 1 aromatic rings. The molecule has 0 bridgehead atoms. The third kappa shape index (κ3) is 4.94. The number of halogens is 5. The fraction of sp³-hybridized carbons (Fsp3) is 0.350. The monoisotopic (exact) mass is 474 g/mol. The molecule has 3 rings (SSSR count). The molecule has 1 fully saturated rings. The fourth-order valence-electron chi connectivity index (χ4n) is 3.11. The minimum Gasteiger partial charge on any atom is -0.490 e. The van der Waals surface area contributed by atoms with Crippen molar-refractivity contribution in [3.05, 3.63) is 51.7 Å². The number of aliphatic imine (C=N–C) groups is 1. The second kappa shape index (κ2) is 8.91. The first-order valence-electron chi connectivity index (χ1n) is 9.35. The number of hydrogen-bond acceptors (Lipinski definition) is 6. The number of nitrogens with one attached hydrogen (secondary N) is 2. The van der Waals surface area contributed by atoms with Crippen molar-refractivity contribution in [1.82, 2.24) is 10.2 Å². The summed E-state index contributed by atoms with van der Waals surface area (Å²) >= 11 is 6.11. The van der Waals surface area contributed by atoms with Crippen molar-refractivity contribution < 1.29 is 32.2 Å². The second-order valence-electron chi connectivity index (χ2n) is 7.24. The molecule has 12 heteroatoms. The van der Waals surface area contributed by atoms with Gasteiger partial charge in [0.1, 0.15) is 24.0 Å². The SMILES string of the molecule is CC1=N/C(=C2\CN(C(=O)c3ccc(F)cc3OC[C@H](O)C(F)(F)F)CC2=N)NC(C)=C1Cl. The van der Waals surface area contributed by atoms with Crippen LogP contribution in [0.25, 0.3) is 0 Å². The molecule has 0 saturated carbocycles. The van der Waals surface area contributed by atoms with E-state index in [2.05, 4.69) is 10.3 Å². The van der Waals surface area contributed by atoms with Crippen LogP contribution in [0.2, 0.25) is 0 Å². The van der Waals surface area contributed by atoms with E-state index in [1.165, 1.54) is 4.90 Å². The Kier molecular flexibility index (Phi) is 6.61. The number of likely N-dealkylation sites (tertiary alicyclic amines) is 1. The minimum atomic E-state index is -4.93. The van der Waals surface area contributed by atoms with Crippen molar-refractivity contribution in [1.29, 1.82) is 5.41 Å². The molecule has 2 aliphatic rings. The molecule has 1 saturated heterocycles. The lowest BCUT2D eigenvalue weighted by atomic mass is 10.1. The molecule has 172 valence electrons. The van der Waals surface area contributed by atoms with Gasteiger partial charge in [-0.2, -0.15) is 13.2 Å². The Labute approximate surface area is 185 Å². The predicted octanol–water partition coefficient (Wildman–Crippen LogP) is 3.35. The molecule has 7 nitrogen and oxygen atoms in total. The number of allylic oxidation sites excluding steroid dienone is 2. The maximum absolute atomic E-state index is 13.6. The summed E-state index contributed by atoms with van der Waals surface area (Å²) < 4.78 is 56.2. The second-order valence-corrected chi connectivity index (χ2v) is 7.61. The van der Waals surface area contributed by atoms with Crippen molar-refractivity contribution in [3.8, 4) is 5.75 Å². The van der Waals surface area contributed by atoms with Gasteiger partial charge in [-0.3, -0.25) is 4.79 Å². The molecule has 0 unspecified atom stereocenters. The van der Waals surface area contributed by atoms with Gasteiger partial charge in [-0.15, -0.1) is 0 Å². The molecule has 1 amide bonds. The number of aliphatic hydroxyl groups excluding tert-OH is 1. The van der Waals surface area contributed by atoms with E-state index in [4.69, 9.17) is 26.9 Å². The molecular formula is C20H19ClF4N4O3. The van der Waals surface area contributed by atoms with E-state index < -0.39 is 36.4 Å². The number of benzene rings is 1. The highest BCUT2D eigenvalue weighted by molar-refractivity contribution is 6.43. The van der Waals surface area contributed by atoms with Crippen LogP contribution in [0, 0.1) is 11.2 Å². The van der Waals surface area contributed by atoms with Gasteiger partial charge in [-0.05, 0) is 26.0 Å². The highest BCUT2D eigenvalue weighted by Crippen LogP contribution is 2.28. The zero-order valence-corrected chi connectivity index (χ0v) is 17.7. The average Bonchev–Trinajstić information content (AvgIpc) is 3.10. The third-order valence-corrected chi connectivity index (χ3v) is 5.37. The number of hydrogen-bond donors (Lipinski definition) is 3. The van der Waals surface area contributed by atoms with Gasteiger partial charge in [0, 0.05) is 17.3 Å². The topological polar surface area (TPSA) is 98.0 Å². The van der Waals surface area contributed by atoms with E-state index in [0.29, 0.717) is 27.8 Å². The average molecular weight is 475 g/mol. The van der Waals surface area contributed by atoms with Crippen LogP contribution in [0.15, 0.2) is 45.3 Å². The van der Waals surface area contributed by atoms with E-state index in [1.54, 1.807) is 13.8 Å². The molecule has 32 heavy (non-hydrogen) atoms. The van der Waals surface area contributed by atoms with Crippen molar-refractivity contribution in [2.75, 3.05) is 19.7 Å². The van der Waals surface area contributed by atoms with Gasteiger partial charge in [0.2, 0.25) is 0 Å². The number of alkyl halides is 3. The van der Waals surface area contributed by atoms with Crippen LogP contribution in [-0.2, 0) is 0 Å². The van der Waals surface area contributed by atoms with Gasteiger partial charge in [0.05, 0.1) is 35.1 Å². The Bertz CT molecular complexity index is 1070. The maximum Gasteiger partial charge on any atom is 0.417 e. The Morgan fingerprint density at radius 3 is 2.69 bits per heavy atom. The Morgan fingerprint density at radius 1 is 1.38 bits per heavy atom. The normalized spacial score (nSPS) is 20.3. The van der Waals surface area contributed by atoms with Crippen molar-refractivity contribution in [3.63, 3.8) is 0 Å². The van der Waals surface area contributed by atoms with Crippen LogP contribution in [0.5, 0.6) is 5.75 Å². The first-order chi connectivity index (χ1) is 14.9. The minimum absolute atomic E-state index is 0.0102. The molecule has 1 aromatic carbocycles. The number of nitrogens with zero attached hydrogens (tertiary/aromatic N) is 2. The molecule has 2 heterocycles. The highest BCUT2D eigenvalue weighted by atomic mass is 35.5.